The van der Waals surface area contributed by atoms with Gasteiger partial charge in [-0.05, 0) is 0 Å². The van der Waals surface area contributed by atoms with Gasteiger partial charge in [0.05, 0.1) is 0 Å². The lowest BCUT2D eigenvalue weighted by Gasteiger charge is -2.19. The number of nitrogens with zero attached hydrogens (tertiary/aromatic N) is 2. The van der Waals surface area contributed by atoms with E-state index in [9.17, 15) is 14.0 Å². The zero-order chi connectivity index (χ0) is 13.3. The van der Waals surface area contributed by atoms with E-state index in [4.69, 9.17) is 10.5 Å². The molecule has 7 heteroatoms. The molecule has 0 unspecified atom stereocenters. The number of hydrogen-bond acceptors (Lipinski definition) is 6. The van der Waals surface area contributed by atoms with E-state index in [1.54, 1.807) is 6.92 Å². The molecule has 17 heavy (non-hydrogen) atoms. The Morgan fingerprint density at radius 2 is 1.59 bits per heavy atom. The molecule has 0 aliphatic carbocycles. The molecule has 0 spiro atoms. The van der Waals surface area contributed by atoms with Gasteiger partial charge in [-0.3, -0.25) is 0 Å². The fourth-order valence-electron chi connectivity index (χ4n) is 1.06. The van der Waals surface area contributed by atoms with Crippen molar-refractivity contribution in [2.45, 2.75) is 25.4 Å². The molecule has 0 bridgehead atoms. The molecule has 0 rings (SSSR count). The van der Waals surface area contributed by atoms with Crippen LogP contribution in [0.4, 0.5) is 4.39 Å². The number of esters is 2. The van der Waals surface area contributed by atoms with E-state index in [1.807, 2.05) is 0 Å². The molecule has 0 amide bonds. The first kappa shape index (κ1) is 14.8. The van der Waals surface area contributed by atoms with E-state index in [0.717, 1.165) is 0 Å². The number of nitriles is 2. The highest BCUT2D eigenvalue weighted by Gasteiger charge is 2.49. The number of ether oxygens (including phenoxy) is 2. The van der Waals surface area contributed by atoms with Crippen LogP contribution in [0.2, 0.25) is 0 Å². The third-order valence-electron chi connectivity index (χ3n) is 1.78. The third kappa shape index (κ3) is 4.07. The largest absolute Gasteiger partial charge is 0.447 e. The number of halogens is 1. The zero-order valence-corrected chi connectivity index (χ0v) is 9.23. The second kappa shape index (κ2) is 7.18. The number of alkyl halides is 1. The van der Waals surface area contributed by atoms with Crippen molar-refractivity contribution in [1.82, 2.24) is 0 Å². The van der Waals surface area contributed by atoms with Crippen molar-refractivity contribution in [3.8, 4) is 12.1 Å². The summed E-state index contributed by atoms with van der Waals surface area (Å²) in [7, 11) is 0. The number of hydrogen-bond donors (Lipinski definition) is 0. The van der Waals surface area contributed by atoms with Crippen molar-refractivity contribution in [1.29, 1.82) is 10.5 Å². The van der Waals surface area contributed by atoms with Gasteiger partial charge in [-0.15, -0.1) is 0 Å². The lowest BCUT2D eigenvalue weighted by Crippen LogP contribution is -2.45. The Kier molecular flexibility index (Phi) is 6.27. The molecule has 0 saturated heterocycles. The fourth-order valence-corrected chi connectivity index (χ4v) is 1.06. The maximum Gasteiger partial charge on any atom is 0.356 e. The molecule has 0 aliphatic rings. The lowest BCUT2D eigenvalue weighted by atomic mass is 10.0. The summed E-state index contributed by atoms with van der Waals surface area (Å²) in [4.78, 5) is 22.6. The summed E-state index contributed by atoms with van der Waals surface area (Å²) in [5.41, 5.74) is -2.96. The summed E-state index contributed by atoms with van der Waals surface area (Å²) in [5.74, 6) is -2.94. The lowest BCUT2D eigenvalue weighted by molar-refractivity contribution is -0.174. The van der Waals surface area contributed by atoms with Gasteiger partial charge < -0.3 is 9.47 Å². The van der Waals surface area contributed by atoms with Gasteiger partial charge in [-0.2, -0.15) is 10.5 Å². The first-order valence-corrected chi connectivity index (χ1v) is 4.80. The smallest absolute Gasteiger partial charge is 0.356 e. The van der Waals surface area contributed by atoms with Crippen LogP contribution in [0.1, 0.15) is 19.8 Å². The first-order valence-electron chi connectivity index (χ1n) is 4.80. The monoisotopic (exact) mass is 242 g/mol. The highest BCUT2D eigenvalue weighted by atomic mass is 19.1. The molecule has 92 valence electrons. The van der Waals surface area contributed by atoms with Crippen LogP contribution in [-0.2, 0) is 19.1 Å². The Morgan fingerprint density at radius 3 is 1.88 bits per heavy atom. The van der Waals surface area contributed by atoms with E-state index in [-0.39, 0.29) is 6.42 Å². The van der Waals surface area contributed by atoms with E-state index < -0.39 is 37.2 Å². The van der Waals surface area contributed by atoms with Crippen LogP contribution in [0.3, 0.4) is 0 Å². The normalized spacial score (nSPS) is 9.88. The van der Waals surface area contributed by atoms with Gasteiger partial charge >= 0.3 is 17.6 Å². The second-order valence-corrected chi connectivity index (χ2v) is 3.02. The molecule has 6 nitrogen and oxygen atoms in total. The molecule has 0 N–H and O–H groups in total. The van der Waals surface area contributed by atoms with Crippen molar-refractivity contribution in [2.24, 2.45) is 0 Å². The summed E-state index contributed by atoms with van der Waals surface area (Å²) < 4.78 is 22.6. The predicted molar refractivity (Wildman–Crippen MR) is 51.9 cm³/mol. The molecule has 0 aromatic rings. The fraction of sp³-hybridized carbons (Fsp3) is 0.600. The van der Waals surface area contributed by atoms with Gasteiger partial charge in [0, 0.05) is 6.42 Å². The molecular weight excluding hydrogens is 231 g/mol. The number of rotatable bonds is 6. The van der Waals surface area contributed by atoms with Gasteiger partial charge in [-0.25, -0.2) is 14.0 Å². The van der Waals surface area contributed by atoms with E-state index in [1.165, 1.54) is 12.1 Å². The quantitative estimate of drug-likeness (QED) is 0.500. The molecule has 0 aliphatic heterocycles. The highest BCUT2D eigenvalue weighted by Crippen LogP contribution is 2.22. The molecule has 0 atom stereocenters. The van der Waals surface area contributed by atoms with Crippen LogP contribution in [0.5, 0.6) is 0 Å². The molecule has 0 aromatic heterocycles. The Morgan fingerprint density at radius 1 is 1.18 bits per heavy atom. The van der Waals surface area contributed by atoms with E-state index in [0.29, 0.717) is 0 Å². The summed E-state index contributed by atoms with van der Waals surface area (Å²) in [6, 6.07) is 2.96. The molecule has 0 heterocycles. The Labute approximate surface area is 97.5 Å². The summed E-state index contributed by atoms with van der Waals surface area (Å²) >= 11 is 0. The molecule has 0 fully saturated rings. The molecular formula is C10H11FN2O4. The van der Waals surface area contributed by atoms with Crippen LogP contribution in [-0.4, -0.2) is 30.8 Å². The number of carbonyl (C=O) groups is 2. The third-order valence-corrected chi connectivity index (χ3v) is 1.78. The average Bonchev–Trinajstić information content (AvgIpc) is 2.32. The van der Waals surface area contributed by atoms with Crippen LogP contribution in [0, 0.1) is 22.7 Å². The SMILES string of the molecule is CCCC(F)(C(=O)OCC#N)C(=O)OCC#N. The van der Waals surface area contributed by atoms with E-state index in [2.05, 4.69) is 9.47 Å². The van der Waals surface area contributed by atoms with Gasteiger partial charge in [0.2, 0.25) is 0 Å². The van der Waals surface area contributed by atoms with Crippen LogP contribution >= 0.6 is 0 Å². The molecule has 0 saturated carbocycles. The van der Waals surface area contributed by atoms with Crippen molar-refractivity contribution in [2.75, 3.05) is 13.2 Å². The Bertz CT molecular complexity index is 339. The minimum absolute atomic E-state index is 0.194. The van der Waals surface area contributed by atoms with Crippen molar-refractivity contribution >= 4 is 11.9 Å². The zero-order valence-electron chi connectivity index (χ0n) is 9.23. The second-order valence-electron chi connectivity index (χ2n) is 3.02. The summed E-state index contributed by atoms with van der Waals surface area (Å²) in [5, 5.41) is 16.4. The van der Waals surface area contributed by atoms with E-state index >= 15 is 0 Å². The topological polar surface area (TPSA) is 100 Å². The van der Waals surface area contributed by atoms with Gasteiger partial charge in [0.1, 0.15) is 12.1 Å². The maximum atomic E-state index is 14.1. The van der Waals surface area contributed by atoms with Crippen LogP contribution < -0.4 is 0 Å². The summed E-state index contributed by atoms with van der Waals surface area (Å²) in [6.45, 7) is 0.253. The van der Waals surface area contributed by atoms with Gasteiger partial charge in [-0.1, -0.05) is 13.3 Å². The minimum Gasteiger partial charge on any atom is -0.447 e. The molecule has 0 radical (unpaired) electrons. The number of carbonyl (C=O) groups excluding carboxylic acids is 2. The van der Waals surface area contributed by atoms with Crippen molar-refractivity contribution < 1.29 is 23.5 Å². The standard InChI is InChI=1S/C10H11FN2O4/c1-2-3-10(11,8(14)16-6-4-12)9(15)17-7-5-13/h2-3,6-7H2,1H3. The Balaban J connectivity index is 4.77. The predicted octanol–water partition coefficient (Wildman–Crippen LogP) is 0.628. The minimum atomic E-state index is -2.96. The average molecular weight is 242 g/mol. The van der Waals surface area contributed by atoms with Crippen LogP contribution in [0.15, 0.2) is 0 Å². The van der Waals surface area contributed by atoms with Gasteiger partial charge in [0.15, 0.2) is 13.2 Å². The summed E-state index contributed by atoms with van der Waals surface area (Å²) in [6.07, 6.45) is -0.235. The maximum absolute atomic E-state index is 14.1. The molecule has 0 aromatic carbocycles. The Hall–Kier alpha value is -2.15. The first-order chi connectivity index (χ1) is 8.02. The van der Waals surface area contributed by atoms with Crippen LogP contribution in [0.25, 0.3) is 0 Å². The van der Waals surface area contributed by atoms with Crippen molar-refractivity contribution in [3.05, 3.63) is 0 Å². The highest BCUT2D eigenvalue weighted by molar-refractivity contribution is 6.03. The van der Waals surface area contributed by atoms with Crippen molar-refractivity contribution in [3.63, 3.8) is 0 Å². The van der Waals surface area contributed by atoms with Gasteiger partial charge in [0.25, 0.3) is 0 Å².